The van der Waals surface area contributed by atoms with Crippen LogP contribution in [0, 0.1) is 0 Å². The van der Waals surface area contributed by atoms with E-state index in [9.17, 15) is 14.4 Å². The van der Waals surface area contributed by atoms with E-state index in [0.717, 1.165) is 22.4 Å². The molecule has 0 atom stereocenters. The van der Waals surface area contributed by atoms with Crippen molar-refractivity contribution in [3.05, 3.63) is 62.7 Å². The van der Waals surface area contributed by atoms with Gasteiger partial charge in [0.25, 0.3) is 11.1 Å². The third-order valence-electron chi connectivity index (χ3n) is 2.66. The van der Waals surface area contributed by atoms with Crippen LogP contribution in [-0.4, -0.2) is 15.7 Å². The molecule has 1 aromatic heterocycles. The number of carbonyl (C=O) groups excluding carboxylic acids is 1. The Labute approximate surface area is 114 Å². The molecular formula is C13H14N4O3. The highest BCUT2D eigenvalue weighted by molar-refractivity contribution is 5.90. The second kappa shape index (κ2) is 5.98. The van der Waals surface area contributed by atoms with Crippen LogP contribution in [-0.2, 0) is 17.9 Å². The van der Waals surface area contributed by atoms with Gasteiger partial charge in [-0.1, -0.05) is 12.1 Å². The number of benzene rings is 1. The molecule has 0 saturated heterocycles. The smallest absolute Gasteiger partial charge is 0.265 e. The van der Waals surface area contributed by atoms with Gasteiger partial charge in [0.15, 0.2) is 0 Å². The molecule has 2 rings (SSSR count). The van der Waals surface area contributed by atoms with Gasteiger partial charge in [0, 0.05) is 24.4 Å². The molecule has 0 fully saturated rings. The number of anilines is 1. The lowest BCUT2D eigenvalue weighted by molar-refractivity contribution is -0.117. The third kappa shape index (κ3) is 3.42. The Bertz CT molecular complexity index is 715. The summed E-state index contributed by atoms with van der Waals surface area (Å²) in [5.41, 5.74) is 6.14. The summed E-state index contributed by atoms with van der Waals surface area (Å²) in [6, 6.07) is 9.26. The standard InChI is InChI=1S/C13H14N4O3/c14-7-9-1-3-10(4-2-9)15-12(19)8-17-13(20)6-5-11(18)16-17/h1-6H,7-8,14H2,(H,15,19)(H,16,18). The van der Waals surface area contributed by atoms with E-state index < -0.39 is 17.0 Å². The molecular weight excluding hydrogens is 260 g/mol. The van der Waals surface area contributed by atoms with Crippen molar-refractivity contribution in [2.75, 3.05) is 5.32 Å². The maximum atomic E-state index is 11.8. The summed E-state index contributed by atoms with van der Waals surface area (Å²) < 4.78 is 0.950. The van der Waals surface area contributed by atoms with Crippen molar-refractivity contribution in [2.24, 2.45) is 5.73 Å². The van der Waals surface area contributed by atoms with Crippen LogP contribution < -0.4 is 22.2 Å². The van der Waals surface area contributed by atoms with Gasteiger partial charge in [0.05, 0.1) is 0 Å². The Morgan fingerprint density at radius 2 is 1.85 bits per heavy atom. The molecule has 0 unspecified atom stereocenters. The van der Waals surface area contributed by atoms with E-state index in [1.54, 1.807) is 24.3 Å². The highest BCUT2D eigenvalue weighted by Gasteiger charge is 2.05. The van der Waals surface area contributed by atoms with Gasteiger partial charge in [0.2, 0.25) is 5.91 Å². The van der Waals surface area contributed by atoms with Crippen molar-refractivity contribution in [2.45, 2.75) is 13.1 Å². The third-order valence-corrected chi connectivity index (χ3v) is 2.66. The molecule has 0 aliphatic carbocycles. The summed E-state index contributed by atoms with van der Waals surface area (Å²) in [5.74, 6) is -0.408. The first-order valence-corrected chi connectivity index (χ1v) is 5.97. The van der Waals surface area contributed by atoms with Gasteiger partial charge in [-0.15, -0.1) is 0 Å². The zero-order valence-corrected chi connectivity index (χ0v) is 10.6. The summed E-state index contributed by atoms with van der Waals surface area (Å²) in [5, 5.41) is 4.91. The van der Waals surface area contributed by atoms with Crippen molar-refractivity contribution >= 4 is 11.6 Å². The van der Waals surface area contributed by atoms with Gasteiger partial charge in [-0.2, -0.15) is 0 Å². The molecule has 0 aliphatic rings. The number of carbonyl (C=O) groups is 1. The largest absolute Gasteiger partial charge is 0.326 e. The van der Waals surface area contributed by atoms with Gasteiger partial charge < -0.3 is 11.1 Å². The topological polar surface area (TPSA) is 110 Å². The lowest BCUT2D eigenvalue weighted by Crippen LogP contribution is -2.32. The fourth-order valence-electron chi connectivity index (χ4n) is 1.65. The molecule has 1 amide bonds. The molecule has 2 aromatic rings. The van der Waals surface area contributed by atoms with Gasteiger partial charge in [-0.3, -0.25) is 19.5 Å². The van der Waals surface area contributed by atoms with E-state index in [1.165, 1.54) is 0 Å². The highest BCUT2D eigenvalue weighted by Crippen LogP contribution is 2.08. The molecule has 0 saturated carbocycles. The Kier molecular flexibility index (Phi) is 4.11. The molecule has 0 bridgehead atoms. The molecule has 0 spiro atoms. The Morgan fingerprint density at radius 1 is 1.15 bits per heavy atom. The SMILES string of the molecule is NCc1ccc(NC(=O)Cn2[nH]c(=O)ccc2=O)cc1. The van der Waals surface area contributed by atoms with Crippen molar-refractivity contribution in [3.8, 4) is 0 Å². The first-order valence-electron chi connectivity index (χ1n) is 5.97. The van der Waals surface area contributed by atoms with E-state index in [0.29, 0.717) is 12.2 Å². The molecule has 7 heteroatoms. The molecule has 1 aromatic carbocycles. The van der Waals surface area contributed by atoms with Crippen LogP contribution in [0.2, 0.25) is 0 Å². The van der Waals surface area contributed by atoms with E-state index in [4.69, 9.17) is 5.73 Å². The normalized spacial score (nSPS) is 10.2. The van der Waals surface area contributed by atoms with Gasteiger partial charge >= 0.3 is 0 Å². The average molecular weight is 274 g/mol. The van der Waals surface area contributed by atoms with Gasteiger partial charge in [0.1, 0.15) is 6.54 Å². The first-order chi connectivity index (χ1) is 9.58. The highest BCUT2D eigenvalue weighted by atomic mass is 16.2. The zero-order chi connectivity index (χ0) is 14.5. The van der Waals surface area contributed by atoms with Crippen molar-refractivity contribution in [3.63, 3.8) is 0 Å². The second-order valence-electron chi connectivity index (χ2n) is 4.18. The fourth-order valence-corrected chi connectivity index (χ4v) is 1.65. The summed E-state index contributed by atoms with van der Waals surface area (Å²) in [6.07, 6.45) is 0. The maximum Gasteiger partial charge on any atom is 0.265 e. The number of nitrogens with one attached hydrogen (secondary N) is 2. The van der Waals surface area contributed by atoms with Crippen LogP contribution in [0.4, 0.5) is 5.69 Å². The number of aromatic amines is 1. The number of nitrogens with two attached hydrogens (primary N) is 1. The number of aromatic nitrogens is 2. The number of H-pyrrole nitrogens is 1. The van der Waals surface area contributed by atoms with Crippen LogP contribution in [0.5, 0.6) is 0 Å². The average Bonchev–Trinajstić information content (AvgIpc) is 2.43. The van der Waals surface area contributed by atoms with Crippen molar-refractivity contribution in [1.29, 1.82) is 0 Å². The molecule has 4 N–H and O–H groups in total. The first kappa shape index (κ1) is 13.8. The lowest BCUT2D eigenvalue weighted by atomic mass is 10.2. The Hall–Kier alpha value is -2.67. The molecule has 1 heterocycles. The quantitative estimate of drug-likeness (QED) is 0.706. The Morgan fingerprint density at radius 3 is 2.50 bits per heavy atom. The van der Waals surface area contributed by atoms with Crippen molar-refractivity contribution < 1.29 is 4.79 Å². The van der Waals surface area contributed by atoms with Crippen LogP contribution in [0.25, 0.3) is 0 Å². The zero-order valence-electron chi connectivity index (χ0n) is 10.6. The predicted molar refractivity (Wildman–Crippen MR) is 74.3 cm³/mol. The number of nitrogens with zero attached hydrogens (tertiary/aromatic N) is 1. The monoisotopic (exact) mass is 274 g/mol. The minimum absolute atomic E-state index is 0.256. The summed E-state index contributed by atoms with van der Waals surface area (Å²) in [4.78, 5) is 34.3. The molecule has 0 radical (unpaired) electrons. The number of rotatable bonds is 4. The fraction of sp³-hybridized carbons (Fsp3) is 0.154. The van der Waals surface area contributed by atoms with Gasteiger partial charge in [-0.05, 0) is 17.7 Å². The summed E-state index contributed by atoms with van der Waals surface area (Å²) in [7, 11) is 0. The van der Waals surface area contributed by atoms with Crippen LogP contribution in [0.15, 0.2) is 46.0 Å². The van der Waals surface area contributed by atoms with E-state index in [-0.39, 0.29) is 6.54 Å². The molecule has 20 heavy (non-hydrogen) atoms. The van der Waals surface area contributed by atoms with Crippen molar-refractivity contribution in [1.82, 2.24) is 9.78 Å². The molecule has 104 valence electrons. The minimum atomic E-state index is -0.446. The van der Waals surface area contributed by atoms with Gasteiger partial charge in [-0.25, -0.2) is 4.68 Å². The van der Waals surface area contributed by atoms with Crippen LogP contribution in [0.1, 0.15) is 5.56 Å². The predicted octanol–water partition coefficient (Wildman–Crippen LogP) is -0.366. The van der Waals surface area contributed by atoms with E-state index in [1.807, 2.05) is 0 Å². The molecule has 7 nitrogen and oxygen atoms in total. The minimum Gasteiger partial charge on any atom is -0.326 e. The summed E-state index contributed by atoms with van der Waals surface area (Å²) in [6.45, 7) is 0.169. The molecule has 0 aliphatic heterocycles. The summed E-state index contributed by atoms with van der Waals surface area (Å²) >= 11 is 0. The van der Waals surface area contributed by atoms with Crippen LogP contribution >= 0.6 is 0 Å². The lowest BCUT2D eigenvalue weighted by Gasteiger charge is -2.07. The Balaban J connectivity index is 2.06. The number of amides is 1. The van der Waals surface area contributed by atoms with Crippen LogP contribution in [0.3, 0.4) is 0 Å². The number of hydrogen-bond donors (Lipinski definition) is 3. The van der Waals surface area contributed by atoms with E-state index in [2.05, 4.69) is 10.4 Å². The number of hydrogen-bond acceptors (Lipinski definition) is 4. The second-order valence-corrected chi connectivity index (χ2v) is 4.18. The maximum absolute atomic E-state index is 11.8. The van der Waals surface area contributed by atoms with E-state index >= 15 is 0 Å².